The molecule has 0 aliphatic heterocycles. The lowest BCUT2D eigenvalue weighted by Gasteiger charge is -2.06. The molecule has 6 nitrogen and oxygen atoms in total. The van der Waals surface area contributed by atoms with Gasteiger partial charge in [0.25, 0.3) is 0 Å². The summed E-state index contributed by atoms with van der Waals surface area (Å²) in [5, 5.41) is 3.34. The van der Waals surface area contributed by atoms with Crippen LogP contribution in [0.1, 0.15) is 13.8 Å². The predicted octanol–water partition coefficient (Wildman–Crippen LogP) is 0.671. The minimum atomic E-state index is -4.69. The third-order valence-corrected chi connectivity index (χ3v) is 2.60. The van der Waals surface area contributed by atoms with Gasteiger partial charge in [-0.2, -0.15) is 14.0 Å². The van der Waals surface area contributed by atoms with Crippen molar-refractivity contribution in [3.8, 4) is 0 Å². The zero-order chi connectivity index (χ0) is 18.0. The van der Waals surface area contributed by atoms with Crippen LogP contribution in [-0.4, -0.2) is 10.4 Å². The van der Waals surface area contributed by atoms with E-state index in [-0.39, 0.29) is 0 Å². The minimum Gasteiger partial charge on any atom is -0.359 e. The van der Waals surface area contributed by atoms with E-state index in [1.807, 2.05) is 80.6 Å². The summed E-state index contributed by atoms with van der Waals surface area (Å²) in [5.74, 6) is 0. The molecule has 0 aromatic heterocycles. The van der Waals surface area contributed by atoms with Gasteiger partial charge < -0.3 is 5.32 Å². The van der Waals surface area contributed by atoms with Gasteiger partial charge in [-0.25, -0.2) is 0 Å². The molecule has 0 saturated heterocycles. The predicted molar refractivity (Wildman–Crippen MR) is 85.3 cm³/mol. The molecule has 0 spiro atoms. The smallest absolute Gasteiger partial charge is 0.0777 e. The molecular weight excluding hydrogens is 332 g/mol. The first-order chi connectivity index (χ1) is 11.2. The molecule has 2 N–H and O–H groups in total. The Morgan fingerprint density at radius 1 is 0.958 bits per heavy atom. The maximum atomic E-state index is 8.60. The van der Waals surface area contributed by atoms with Crippen molar-refractivity contribution in [2.24, 2.45) is 4.99 Å². The lowest BCUT2D eigenvalue weighted by atomic mass is 10.2. The second-order valence-corrected chi connectivity index (χ2v) is 5.60. The van der Waals surface area contributed by atoms with Crippen LogP contribution in [0.4, 0.5) is 11.4 Å². The fourth-order valence-corrected chi connectivity index (χ4v) is 1.84. The molecule has 7 heteroatoms. The molecule has 0 radical (unpaired) electrons. The van der Waals surface area contributed by atoms with Gasteiger partial charge in [-0.05, 0) is 44.2 Å². The number of hydrogen-bond acceptors (Lipinski definition) is 6. The van der Waals surface area contributed by atoms with Gasteiger partial charge in [0, 0.05) is 17.1 Å². The molecule has 2 rings (SSSR count). The second-order valence-electron chi connectivity index (χ2n) is 4.80. The zero-order valence-corrected chi connectivity index (χ0v) is 14.1. The van der Waals surface area contributed by atoms with E-state index in [0.29, 0.717) is 0 Å². The molecule has 24 heavy (non-hydrogen) atoms. The standard InChI is InChI=1S/C17H18N2.ClHO4/c1-14(18-16-9-5-3-6-10-16)13-15(2)19-17-11-7-4-8-12-17;2-1(3,4)5/h3-13,18H,1-2H3;(H,2,3,4,5)/b14-13+,19-15?;. The monoisotopic (exact) mass is 350 g/mol. The molecule has 0 atom stereocenters. The van der Waals surface area contributed by atoms with Crippen molar-refractivity contribution in [1.29, 1.82) is 0 Å². The third kappa shape index (κ3) is 10.5. The summed E-state index contributed by atoms with van der Waals surface area (Å²) in [7, 11) is -4.69. The largest absolute Gasteiger partial charge is 0.359 e. The van der Waals surface area contributed by atoms with E-state index in [4.69, 9.17) is 18.6 Å². The number of para-hydroxylation sites is 2. The quantitative estimate of drug-likeness (QED) is 0.787. The Hall–Kier alpha value is -2.22. The van der Waals surface area contributed by atoms with Crippen LogP contribution in [0.5, 0.6) is 0 Å². The molecule has 0 aliphatic carbocycles. The van der Waals surface area contributed by atoms with Crippen molar-refractivity contribution in [3.05, 3.63) is 72.4 Å². The molecule has 0 saturated carbocycles. The normalized spacial score (nSPS) is 12.2. The van der Waals surface area contributed by atoms with E-state index in [1.165, 1.54) is 0 Å². The first-order valence-electron chi connectivity index (χ1n) is 6.98. The van der Waals surface area contributed by atoms with E-state index in [9.17, 15) is 0 Å². The first-order valence-corrected chi connectivity index (χ1v) is 8.24. The van der Waals surface area contributed by atoms with Crippen LogP contribution >= 0.6 is 0 Å². The molecule has 0 heterocycles. The SMILES string of the molecule is CC(/C=C(\C)Nc1ccccc1)=Nc1ccccc1.[O-][Cl+3]([O-])([O-])O. The average molecular weight is 351 g/mol. The first kappa shape index (κ1) is 19.8. The number of rotatable bonds is 4. The molecular formula is C17H19ClN2O4. The van der Waals surface area contributed by atoms with Crippen molar-refractivity contribution in [2.45, 2.75) is 13.8 Å². The number of aliphatic imine (C=N–C) groups is 1. The highest BCUT2D eigenvalue weighted by molar-refractivity contribution is 5.95. The number of halogens is 1. The maximum absolute atomic E-state index is 8.60. The Balaban J connectivity index is 0.000000505. The van der Waals surface area contributed by atoms with Gasteiger partial charge in [-0.3, -0.25) is 4.99 Å². The molecule has 0 amide bonds. The third-order valence-electron chi connectivity index (χ3n) is 2.60. The molecule has 128 valence electrons. The van der Waals surface area contributed by atoms with Gasteiger partial charge in [-0.15, -0.1) is 0 Å². The number of hydrogen-bond donors (Lipinski definition) is 2. The molecule has 2 aromatic carbocycles. The number of nitrogens with zero attached hydrogens (tertiary/aromatic N) is 1. The summed E-state index contributed by atoms with van der Waals surface area (Å²) < 4.78 is 32.7. The maximum Gasteiger partial charge on any atom is 0.0777 e. The summed E-state index contributed by atoms with van der Waals surface area (Å²) >= 11 is 0. The van der Waals surface area contributed by atoms with Crippen LogP contribution in [-0.2, 0) is 0 Å². The van der Waals surface area contributed by atoms with Gasteiger partial charge in [-0.1, -0.05) is 36.4 Å². The van der Waals surface area contributed by atoms with Gasteiger partial charge in [0.05, 0.1) is 20.6 Å². The van der Waals surface area contributed by atoms with Crippen LogP contribution in [0.2, 0.25) is 0 Å². The molecule has 0 fully saturated rings. The molecule has 0 aliphatic rings. The fraction of sp³-hybridized carbons (Fsp3) is 0.118. The minimum absolute atomic E-state index is 0.976. The highest BCUT2D eigenvalue weighted by Gasteiger charge is 1.98. The van der Waals surface area contributed by atoms with E-state index >= 15 is 0 Å². The van der Waals surface area contributed by atoms with E-state index in [1.54, 1.807) is 0 Å². The Kier molecular flexibility index (Phi) is 8.11. The van der Waals surface area contributed by atoms with Gasteiger partial charge in [0.2, 0.25) is 0 Å². The summed E-state index contributed by atoms with van der Waals surface area (Å²) in [6, 6.07) is 20.1. The summed E-state index contributed by atoms with van der Waals surface area (Å²) in [6.45, 7) is 4.04. The van der Waals surface area contributed by atoms with Gasteiger partial charge in [0.15, 0.2) is 0 Å². The molecule has 0 unspecified atom stereocenters. The highest BCUT2D eigenvalue weighted by Crippen LogP contribution is 2.12. The fourth-order valence-electron chi connectivity index (χ4n) is 1.84. The lowest BCUT2D eigenvalue weighted by molar-refractivity contribution is -1.92. The number of nitrogens with one attached hydrogen (secondary N) is 1. The van der Waals surface area contributed by atoms with Crippen molar-refractivity contribution in [1.82, 2.24) is 0 Å². The Morgan fingerprint density at radius 3 is 1.92 bits per heavy atom. The Bertz CT molecular complexity index is 662. The summed E-state index contributed by atoms with van der Waals surface area (Å²) in [5.41, 5.74) is 4.11. The van der Waals surface area contributed by atoms with E-state index in [2.05, 4.69) is 10.3 Å². The van der Waals surface area contributed by atoms with Crippen molar-refractivity contribution in [2.75, 3.05) is 5.32 Å². The number of allylic oxidation sites excluding steroid dienone is 2. The molecule has 2 aromatic rings. The topological polar surface area (TPSA) is 114 Å². The number of benzene rings is 2. The van der Waals surface area contributed by atoms with Gasteiger partial charge >= 0.3 is 0 Å². The average Bonchev–Trinajstić information content (AvgIpc) is 2.47. The van der Waals surface area contributed by atoms with Crippen molar-refractivity contribution >= 4 is 17.1 Å². The van der Waals surface area contributed by atoms with Crippen LogP contribution in [0.3, 0.4) is 0 Å². The zero-order valence-electron chi connectivity index (χ0n) is 13.3. The van der Waals surface area contributed by atoms with Crippen LogP contribution in [0.25, 0.3) is 0 Å². The van der Waals surface area contributed by atoms with Crippen LogP contribution in [0.15, 0.2) is 77.4 Å². The Morgan fingerprint density at radius 2 is 1.42 bits per heavy atom. The van der Waals surface area contributed by atoms with E-state index in [0.717, 1.165) is 22.8 Å². The van der Waals surface area contributed by atoms with Crippen LogP contribution in [0, 0.1) is 10.2 Å². The van der Waals surface area contributed by atoms with E-state index < -0.39 is 10.2 Å². The lowest BCUT2D eigenvalue weighted by Crippen LogP contribution is -2.58. The highest BCUT2D eigenvalue weighted by atomic mass is 35.7. The van der Waals surface area contributed by atoms with Gasteiger partial charge in [0.1, 0.15) is 0 Å². The van der Waals surface area contributed by atoms with Crippen LogP contribution < -0.4 is 19.3 Å². The van der Waals surface area contributed by atoms with Crippen molar-refractivity contribution < 1.29 is 28.9 Å². The number of anilines is 1. The second kappa shape index (κ2) is 9.82. The summed E-state index contributed by atoms with van der Waals surface area (Å²) in [6.07, 6.45) is 2.04. The molecule has 0 bridgehead atoms. The summed E-state index contributed by atoms with van der Waals surface area (Å²) in [4.78, 5) is 4.54. The van der Waals surface area contributed by atoms with Crippen molar-refractivity contribution in [3.63, 3.8) is 0 Å². The Labute approximate surface area is 143 Å².